The smallest absolute Gasteiger partial charge is 0.0943 e. The normalized spacial score (nSPS) is 25.3. The van der Waals surface area contributed by atoms with E-state index in [-0.39, 0.29) is 12.0 Å². The number of aliphatic hydroxyl groups is 1. The second-order valence-electron chi connectivity index (χ2n) is 4.14. The Hall–Kier alpha value is -0.970. The summed E-state index contributed by atoms with van der Waals surface area (Å²) in [6.07, 6.45) is 0.493. The second kappa shape index (κ2) is 4.13. The van der Waals surface area contributed by atoms with E-state index >= 15 is 0 Å². The lowest BCUT2D eigenvalue weighted by molar-refractivity contribution is 0.118. The number of benzene rings is 1. The first-order chi connectivity index (χ1) is 7.83. The van der Waals surface area contributed by atoms with Crippen molar-refractivity contribution >= 4 is 21.6 Å². The Labute approximate surface area is 97.7 Å². The maximum Gasteiger partial charge on any atom is 0.0943 e. The van der Waals surface area contributed by atoms with Gasteiger partial charge in [-0.25, -0.2) is 4.98 Å². The number of fused-ring (bicyclic) bond motifs is 1. The Morgan fingerprint density at radius 3 is 3.00 bits per heavy atom. The van der Waals surface area contributed by atoms with Gasteiger partial charge in [-0.15, -0.1) is 11.3 Å². The summed E-state index contributed by atoms with van der Waals surface area (Å²) in [7, 11) is 0. The molecule has 0 saturated carbocycles. The first-order valence-corrected chi connectivity index (χ1v) is 6.25. The van der Waals surface area contributed by atoms with E-state index < -0.39 is 0 Å². The zero-order valence-electron chi connectivity index (χ0n) is 8.80. The van der Waals surface area contributed by atoms with Gasteiger partial charge in [0.1, 0.15) is 0 Å². The van der Waals surface area contributed by atoms with Crippen molar-refractivity contribution in [2.45, 2.75) is 12.5 Å². The van der Waals surface area contributed by atoms with Crippen LogP contribution in [0, 0.1) is 5.92 Å². The standard InChI is InChI=1S/C12H13NO2S/c14-10-7-15-6-8(10)5-12-13-9-3-1-2-4-11(9)16-12/h1-4,8,10,14H,5-7H2. The fourth-order valence-electron chi connectivity index (χ4n) is 2.01. The fourth-order valence-corrected chi connectivity index (χ4v) is 3.07. The second-order valence-corrected chi connectivity index (χ2v) is 5.26. The predicted molar refractivity (Wildman–Crippen MR) is 63.6 cm³/mol. The molecule has 0 aliphatic carbocycles. The number of hydrogen-bond donors (Lipinski definition) is 1. The molecular weight excluding hydrogens is 222 g/mol. The lowest BCUT2D eigenvalue weighted by Gasteiger charge is -2.08. The third-order valence-electron chi connectivity index (χ3n) is 2.94. The van der Waals surface area contributed by atoms with Crippen LogP contribution in [0.1, 0.15) is 5.01 Å². The number of hydrogen-bond acceptors (Lipinski definition) is 4. The van der Waals surface area contributed by atoms with E-state index in [1.54, 1.807) is 11.3 Å². The molecule has 84 valence electrons. The first kappa shape index (κ1) is 10.2. The largest absolute Gasteiger partial charge is 0.390 e. The van der Waals surface area contributed by atoms with Crippen molar-refractivity contribution in [2.24, 2.45) is 5.92 Å². The third-order valence-corrected chi connectivity index (χ3v) is 4.00. The Morgan fingerprint density at radius 1 is 1.38 bits per heavy atom. The van der Waals surface area contributed by atoms with Gasteiger partial charge in [-0.1, -0.05) is 12.1 Å². The van der Waals surface area contributed by atoms with E-state index in [2.05, 4.69) is 11.1 Å². The molecule has 1 N–H and O–H groups in total. The highest BCUT2D eigenvalue weighted by atomic mass is 32.1. The summed E-state index contributed by atoms with van der Waals surface area (Å²) in [5, 5.41) is 10.8. The monoisotopic (exact) mass is 235 g/mol. The molecule has 1 fully saturated rings. The van der Waals surface area contributed by atoms with Gasteiger partial charge in [0.05, 0.1) is 34.5 Å². The summed E-state index contributed by atoms with van der Waals surface area (Å²) in [5.74, 6) is 0.209. The molecule has 0 amide bonds. The van der Waals surface area contributed by atoms with Crippen LogP contribution in [0.3, 0.4) is 0 Å². The number of thiazole rings is 1. The number of nitrogens with zero attached hydrogens (tertiary/aromatic N) is 1. The molecular formula is C12H13NO2S. The number of para-hydroxylation sites is 1. The zero-order valence-corrected chi connectivity index (χ0v) is 9.61. The predicted octanol–water partition coefficient (Wildman–Crippen LogP) is 1.85. The number of aromatic nitrogens is 1. The minimum Gasteiger partial charge on any atom is -0.390 e. The lowest BCUT2D eigenvalue weighted by atomic mass is 10.0. The summed E-state index contributed by atoms with van der Waals surface area (Å²) in [6, 6.07) is 8.13. The van der Waals surface area contributed by atoms with E-state index in [4.69, 9.17) is 4.74 Å². The van der Waals surface area contributed by atoms with Gasteiger partial charge in [0.2, 0.25) is 0 Å². The number of aliphatic hydroxyl groups excluding tert-OH is 1. The molecule has 0 bridgehead atoms. The topological polar surface area (TPSA) is 42.4 Å². The number of ether oxygens (including phenoxy) is 1. The average Bonchev–Trinajstić information content (AvgIpc) is 2.85. The minimum absolute atomic E-state index is 0.209. The Bertz CT molecular complexity index is 463. The van der Waals surface area contributed by atoms with E-state index in [1.165, 1.54) is 4.70 Å². The lowest BCUT2D eigenvalue weighted by Crippen LogP contribution is -2.19. The zero-order chi connectivity index (χ0) is 11.0. The van der Waals surface area contributed by atoms with Crippen LogP contribution in [0.4, 0.5) is 0 Å². The van der Waals surface area contributed by atoms with E-state index in [1.807, 2.05) is 18.2 Å². The highest BCUT2D eigenvalue weighted by molar-refractivity contribution is 7.18. The molecule has 3 nitrogen and oxygen atoms in total. The van der Waals surface area contributed by atoms with Crippen LogP contribution in [0.5, 0.6) is 0 Å². The van der Waals surface area contributed by atoms with Crippen molar-refractivity contribution in [1.82, 2.24) is 4.98 Å². The molecule has 1 aromatic carbocycles. The van der Waals surface area contributed by atoms with Crippen LogP contribution in [0.15, 0.2) is 24.3 Å². The molecule has 1 aromatic heterocycles. The summed E-state index contributed by atoms with van der Waals surface area (Å²) in [5.41, 5.74) is 1.05. The highest BCUT2D eigenvalue weighted by Crippen LogP contribution is 2.26. The molecule has 1 aliphatic heterocycles. The summed E-state index contributed by atoms with van der Waals surface area (Å²) in [4.78, 5) is 4.56. The minimum atomic E-state index is -0.327. The molecule has 2 heterocycles. The molecule has 16 heavy (non-hydrogen) atoms. The Balaban J connectivity index is 1.83. The van der Waals surface area contributed by atoms with Crippen LogP contribution >= 0.6 is 11.3 Å². The van der Waals surface area contributed by atoms with Crippen LogP contribution in [-0.2, 0) is 11.2 Å². The van der Waals surface area contributed by atoms with Crippen molar-refractivity contribution in [1.29, 1.82) is 0 Å². The maximum atomic E-state index is 9.68. The van der Waals surface area contributed by atoms with Crippen molar-refractivity contribution in [3.05, 3.63) is 29.3 Å². The summed E-state index contributed by atoms with van der Waals surface area (Å²) >= 11 is 1.71. The van der Waals surface area contributed by atoms with Gasteiger partial charge in [0.25, 0.3) is 0 Å². The molecule has 3 rings (SSSR count). The van der Waals surface area contributed by atoms with E-state index in [0.717, 1.165) is 16.9 Å². The van der Waals surface area contributed by atoms with Crippen molar-refractivity contribution in [2.75, 3.05) is 13.2 Å². The van der Waals surface area contributed by atoms with Crippen molar-refractivity contribution in [3.8, 4) is 0 Å². The summed E-state index contributed by atoms with van der Waals surface area (Å²) < 4.78 is 6.46. The molecule has 1 saturated heterocycles. The van der Waals surface area contributed by atoms with Gasteiger partial charge in [-0.3, -0.25) is 0 Å². The third kappa shape index (κ3) is 1.84. The van der Waals surface area contributed by atoms with Gasteiger partial charge in [0.15, 0.2) is 0 Å². The van der Waals surface area contributed by atoms with Crippen LogP contribution in [0.25, 0.3) is 10.2 Å². The van der Waals surface area contributed by atoms with E-state index in [9.17, 15) is 5.11 Å². The molecule has 1 aliphatic rings. The van der Waals surface area contributed by atoms with Gasteiger partial charge >= 0.3 is 0 Å². The first-order valence-electron chi connectivity index (χ1n) is 5.43. The van der Waals surface area contributed by atoms with Crippen LogP contribution < -0.4 is 0 Å². The van der Waals surface area contributed by atoms with Crippen LogP contribution in [-0.4, -0.2) is 29.4 Å². The van der Waals surface area contributed by atoms with Gasteiger partial charge in [-0.2, -0.15) is 0 Å². The average molecular weight is 235 g/mol. The molecule has 2 unspecified atom stereocenters. The van der Waals surface area contributed by atoms with Gasteiger partial charge < -0.3 is 9.84 Å². The highest BCUT2D eigenvalue weighted by Gasteiger charge is 2.27. The number of rotatable bonds is 2. The quantitative estimate of drug-likeness (QED) is 0.863. The summed E-state index contributed by atoms with van der Waals surface area (Å²) in [6.45, 7) is 1.12. The van der Waals surface area contributed by atoms with Crippen LogP contribution in [0.2, 0.25) is 0 Å². The molecule has 0 spiro atoms. The van der Waals surface area contributed by atoms with Gasteiger partial charge in [0, 0.05) is 12.3 Å². The van der Waals surface area contributed by atoms with Gasteiger partial charge in [-0.05, 0) is 12.1 Å². The maximum absolute atomic E-state index is 9.68. The Morgan fingerprint density at radius 2 is 2.25 bits per heavy atom. The fraction of sp³-hybridized carbons (Fsp3) is 0.417. The molecule has 2 atom stereocenters. The molecule has 0 radical (unpaired) electrons. The van der Waals surface area contributed by atoms with Crippen molar-refractivity contribution < 1.29 is 9.84 Å². The molecule has 4 heteroatoms. The van der Waals surface area contributed by atoms with Crippen molar-refractivity contribution in [3.63, 3.8) is 0 Å². The Kier molecular flexibility index (Phi) is 2.63. The van der Waals surface area contributed by atoms with E-state index in [0.29, 0.717) is 13.2 Å². The molecule has 2 aromatic rings. The SMILES string of the molecule is OC1COCC1Cc1nc2ccccc2s1.